The number of pyridine rings is 1. The summed E-state index contributed by atoms with van der Waals surface area (Å²) in [4.78, 5) is 32.8. The van der Waals surface area contributed by atoms with Gasteiger partial charge in [0.2, 0.25) is 11.8 Å². The molecule has 7 heteroatoms. The van der Waals surface area contributed by atoms with Crippen LogP contribution in [-0.4, -0.2) is 47.9 Å². The van der Waals surface area contributed by atoms with Crippen LogP contribution < -0.4 is 10.2 Å². The third kappa shape index (κ3) is 3.79. The number of likely N-dealkylation sites (tertiary alicyclic amines) is 1. The van der Waals surface area contributed by atoms with Crippen LogP contribution in [0.3, 0.4) is 0 Å². The van der Waals surface area contributed by atoms with E-state index in [0.29, 0.717) is 30.5 Å². The van der Waals surface area contributed by atoms with E-state index in [4.69, 9.17) is 11.6 Å². The Morgan fingerprint density at radius 2 is 1.93 bits per heavy atom. The van der Waals surface area contributed by atoms with Crippen LogP contribution in [0.5, 0.6) is 0 Å². The van der Waals surface area contributed by atoms with Crippen LogP contribution in [0.4, 0.5) is 11.5 Å². The predicted molar refractivity (Wildman–Crippen MR) is 117 cm³/mol. The van der Waals surface area contributed by atoms with Crippen molar-refractivity contribution in [2.45, 2.75) is 12.8 Å². The van der Waals surface area contributed by atoms with Gasteiger partial charge in [-0.25, -0.2) is 4.98 Å². The molecule has 0 bridgehead atoms. The van der Waals surface area contributed by atoms with Crippen molar-refractivity contribution in [2.24, 2.45) is 11.8 Å². The number of hydrogen-bond acceptors (Lipinski definition) is 4. The van der Waals surface area contributed by atoms with Crippen LogP contribution in [0.15, 0.2) is 42.6 Å². The van der Waals surface area contributed by atoms with Gasteiger partial charge in [-0.1, -0.05) is 17.7 Å². The van der Waals surface area contributed by atoms with Crippen molar-refractivity contribution >= 4 is 41.0 Å². The molecule has 1 aromatic heterocycles. The van der Waals surface area contributed by atoms with Gasteiger partial charge in [0.15, 0.2) is 0 Å². The molecular weight excluding hydrogens is 400 g/mol. The van der Waals surface area contributed by atoms with Crippen molar-refractivity contribution in [3.63, 3.8) is 0 Å². The minimum absolute atomic E-state index is 0.00183. The lowest BCUT2D eigenvalue weighted by atomic mass is 10.0. The second-order valence-electron chi connectivity index (χ2n) is 8.31. The Hall–Kier alpha value is -2.86. The van der Waals surface area contributed by atoms with Gasteiger partial charge in [0, 0.05) is 67.4 Å². The zero-order valence-corrected chi connectivity index (χ0v) is 17.3. The van der Waals surface area contributed by atoms with Crippen molar-refractivity contribution in [1.29, 1.82) is 0 Å². The van der Waals surface area contributed by atoms with Gasteiger partial charge in [0.25, 0.3) is 0 Å². The first-order chi connectivity index (χ1) is 14.5. The summed E-state index contributed by atoms with van der Waals surface area (Å²) in [5.74, 6) is 1.67. The number of aryl methyl sites for hydroxylation is 1. The Bertz CT molecular complexity index is 1020. The highest BCUT2D eigenvalue weighted by Crippen LogP contribution is 2.34. The smallest absolute Gasteiger partial charge is 0.246 e. The molecule has 0 spiro atoms. The standard InChI is InChI=1S/C23H23ClN4O2/c24-19-2-1-3-20(9-19)27-11-17-13-28(14-18(17)12-27)22(30)7-4-15-8-16-5-6-21(29)26-23(16)25-10-15/h1-4,7-10,17-18H,5-6,11-14H2,(H,25,26,29). The lowest BCUT2D eigenvalue weighted by Crippen LogP contribution is -2.32. The van der Waals surface area contributed by atoms with Crippen LogP contribution in [0.2, 0.25) is 5.02 Å². The first-order valence-electron chi connectivity index (χ1n) is 10.3. The normalized spacial score (nSPS) is 22.9. The highest BCUT2D eigenvalue weighted by atomic mass is 35.5. The number of benzene rings is 1. The van der Waals surface area contributed by atoms with Gasteiger partial charge in [-0.15, -0.1) is 0 Å². The maximum absolute atomic E-state index is 12.7. The predicted octanol–water partition coefficient (Wildman–Crippen LogP) is 3.23. The SMILES string of the molecule is O=C1CCc2cc(C=CC(=O)N3CC4CN(c5cccc(Cl)c5)CC4C3)cnc2N1. The van der Waals surface area contributed by atoms with Crippen molar-refractivity contribution in [3.8, 4) is 0 Å². The Morgan fingerprint density at radius 3 is 2.70 bits per heavy atom. The number of nitrogens with one attached hydrogen (secondary N) is 1. The van der Waals surface area contributed by atoms with E-state index in [1.165, 1.54) is 0 Å². The van der Waals surface area contributed by atoms with Crippen LogP contribution in [0.1, 0.15) is 17.5 Å². The largest absolute Gasteiger partial charge is 0.371 e. The number of hydrogen-bond donors (Lipinski definition) is 1. The molecule has 1 aromatic carbocycles. The van der Waals surface area contributed by atoms with Crippen molar-refractivity contribution in [2.75, 3.05) is 36.4 Å². The second kappa shape index (κ2) is 7.76. The van der Waals surface area contributed by atoms with E-state index >= 15 is 0 Å². The van der Waals surface area contributed by atoms with Gasteiger partial charge in [-0.05, 0) is 47.9 Å². The number of fused-ring (bicyclic) bond motifs is 2. The van der Waals surface area contributed by atoms with Crippen molar-refractivity contribution in [1.82, 2.24) is 9.88 Å². The number of carbonyl (C=O) groups excluding carboxylic acids is 2. The van der Waals surface area contributed by atoms with Crippen molar-refractivity contribution in [3.05, 3.63) is 58.8 Å². The van der Waals surface area contributed by atoms with Gasteiger partial charge in [-0.3, -0.25) is 9.59 Å². The molecule has 4 heterocycles. The lowest BCUT2D eigenvalue weighted by molar-refractivity contribution is -0.125. The maximum atomic E-state index is 12.7. The molecule has 5 rings (SSSR count). The molecule has 0 radical (unpaired) electrons. The molecule has 30 heavy (non-hydrogen) atoms. The monoisotopic (exact) mass is 422 g/mol. The van der Waals surface area contributed by atoms with E-state index in [0.717, 1.165) is 48.0 Å². The van der Waals surface area contributed by atoms with E-state index in [2.05, 4.69) is 21.3 Å². The number of amides is 2. The molecule has 2 fully saturated rings. The molecule has 2 aromatic rings. The fourth-order valence-corrected chi connectivity index (χ4v) is 4.88. The molecule has 2 saturated heterocycles. The second-order valence-corrected chi connectivity index (χ2v) is 8.74. The zero-order chi connectivity index (χ0) is 20.7. The molecule has 3 aliphatic heterocycles. The molecule has 2 amide bonds. The summed E-state index contributed by atoms with van der Waals surface area (Å²) >= 11 is 6.13. The summed E-state index contributed by atoms with van der Waals surface area (Å²) in [5.41, 5.74) is 3.05. The molecule has 1 N–H and O–H groups in total. The Labute approximate surface area is 180 Å². The van der Waals surface area contributed by atoms with Crippen LogP contribution in [0.25, 0.3) is 6.08 Å². The van der Waals surface area contributed by atoms with Crippen LogP contribution in [-0.2, 0) is 16.0 Å². The molecule has 0 saturated carbocycles. The fraction of sp³-hybridized carbons (Fsp3) is 0.348. The van der Waals surface area contributed by atoms with Gasteiger partial charge < -0.3 is 15.1 Å². The molecule has 6 nitrogen and oxygen atoms in total. The Kier molecular flexibility index (Phi) is 4.95. The van der Waals surface area contributed by atoms with E-state index in [1.807, 2.05) is 35.2 Å². The van der Waals surface area contributed by atoms with Gasteiger partial charge in [0.05, 0.1) is 0 Å². The van der Waals surface area contributed by atoms with E-state index < -0.39 is 0 Å². The zero-order valence-electron chi connectivity index (χ0n) is 16.6. The number of nitrogens with zero attached hydrogens (tertiary/aromatic N) is 3. The Morgan fingerprint density at radius 1 is 1.13 bits per heavy atom. The fourth-order valence-electron chi connectivity index (χ4n) is 4.70. The molecule has 3 aliphatic rings. The molecule has 2 unspecified atom stereocenters. The number of halogens is 1. The molecule has 154 valence electrons. The molecular formula is C23H23ClN4O2. The van der Waals surface area contributed by atoms with Crippen molar-refractivity contribution < 1.29 is 9.59 Å². The molecule has 0 aliphatic carbocycles. The van der Waals surface area contributed by atoms with Crippen LogP contribution in [0, 0.1) is 11.8 Å². The number of carbonyl (C=O) groups is 2. The minimum Gasteiger partial charge on any atom is -0.371 e. The lowest BCUT2D eigenvalue weighted by Gasteiger charge is -2.22. The third-order valence-corrected chi connectivity index (χ3v) is 6.49. The summed E-state index contributed by atoms with van der Waals surface area (Å²) < 4.78 is 0. The average Bonchev–Trinajstić information content (AvgIpc) is 3.31. The third-order valence-electron chi connectivity index (χ3n) is 6.26. The highest BCUT2D eigenvalue weighted by Gasteiger charge is 2.41. The maximum Gasteiger partial charge on any atom is 0.246 e. The van der Waals surface area contributed by atoms with E-state index in [1.54, 1.807) is 12.3 Å². The summed E-state index contributed by atoms with van der Waals surface area (Å²) in [6, 6.07) is 9.97. The van der Waals surface area contributed by atoms with Gasteiger partial charge >= 0.3 is 0 Å². The first-order valence-corrected chi connectivity index (χ1v) is 10.7. The van der Waals surface area contributed by atoms with Gasteiger partial charge in [-0.2, -0.15) is 0 Å². The average molecular weight is 423 g/mol. The highest BCUT2D eigenvalue weighted by molar-refractivity contribution is 6.30. The first kappa shape index (κ1) is 19.1. The van der Waals surface area contributed by atoms with Crippen LogP contribution >= 0.6 is 11.6 Å². The minimum atomic E-state index is 0.00183. The number of aromatic nitrogens is 1. The number of rotatable bonds is 3. The topological polar surface area (TPSA) is 65.5 Å². The van der Waals surface area contributed by atoms with Gasteiger partial charge in [0.1, 0.15) is 5.82 Å². The number of anilines is 2. The summed E-state index contributed by atoms with van der Waals surface area (Å²) in [7, 11) is 0. The van der Waals surface area contributed by atoms with E-state index in [-0.39, 0.29) is 11.8 Å². The summed E-state index contributed by atoms with van der Waals surface area (Å²) in [6.45, 7) is 3.50. The Balaban J connectivity index is 1.19. The van der Waals surface area contributed by atoms with E-state index in [9.17, 15) is 9.59 Å². The summed E-state index contributed by atoms with van der Waals surface area (Å²) in [6.07, 6.45) is 6.31. The summed E-state index contributed by atoms with van der Waals surface area (Å²) in [5, 5.41) is 3.53. The molecule has 2 atom stereocenters. The quantitative estimate of drug-likeness (QED) is 0.771.